The number of nitrogens with zero attached hydrogens (tertiary/aromatic N) is 8. The van der Waals surface area contributed by atoms with Crippen molar-refractivity contribution in [2.24, 2.45) is 5.92 Å². The van der Waals surface area contributed by atoms with Crippen molar-refractivity contribution >= 4 is 29.8 Å². The van der Waals surface area contributed by atoms with E-state index >= 15 is 0 Å². The van der Waals surface area contributed by atoms with Crippen LogP contribution in [0.1, 0.15) is 111 Å². The van der Waals surface area contributed by atoms with Gasteiger partial charge in [0.15, 0.2) is 0 Å². The van der Waals surface area contributed by atoms with Gasteiger partial charge in [-0.25, -0.2) is 9.59 Å². The standard InChI is InChI=1S/C38H65N11O4/c1-37(2,3)52-35(50)47(19-10-14-29-12-8-7-9-13-29)20-11-21-49-28-31(44-45-49)27-40-34-42-32(26-33(43-34)46-24-17-39-18-25-46)41-30-15-22-48(23-16-30)36(51)53-38(4,5)6/h26,28-30,39H,7-25,27H2,1-6H3,(H2,40,41,42,43). The van der Waals surface area contributed by atoms with Crippen molar-refractivity contribution in [3.63, 3.8) is 0 Å². The molecule has 3 N–H and O–H groups in total. The van der Waals surface area contributed by atoms with Crippen LogP contribution in [0.5, 0.6) is 0 Å². The van der Waals surface area contributed by atoms with Gasteiger partial charge in [-0.3, -0.25) is 4.68 Å². The molecule has 296 valence electrons. The predicted molar refractivity (Wildman–Crippen MR) is 207 cm³/mol. The third-order valence-corrected chi connectivity index (χ3v) is 9.90. The summed E-state index contributed by atoms with van der Waals surface area (Å²) in [6.07, 6.45) is 12.6. The fourth-order valence-corrected chi connectivity index (χ4v) is 7.17. The molecule has 3 fully saturated rings. The molecule has 53 heavy (non-hydrogen) atoms. The number of carbonyl (C=O) groups is 2. The number of piperazine rings is 1. The van der Waals surface area contributed by atoms with E-state index in [0.717, 1.165) is 75.1 Å². The van der Waals surface area contributed by atoms with Gasteiger partial charge in [-0.1, -0.05) is 37.3 Å². The second-order valence-electron chi connectivity index (χ2n) is 16.9. The lowest BCUT2D eigenvalue weighted by molar-refractivity contribution is 0.0207. The molecule has 1 aliphatic carbocycles. The highest BCUT2D eigenvalue weighted by Crippen LogP contribution is 2.28. The van der Waals surface area contributed by atoms with E-state index in [4.69, 9.17) is 19.4 Å². The number of nitrogens with one attached hydrogen (secondary N) is 3. The maximum Gasteiger partial charge on any atom is 0.410 e. The van der Waals surface area contributed by atoms with E-state index in [2.05, 4.69) is 31.2 Å². The number of hydrogen-bond donors (Lipinski definition) is 3. The molecule has 0 radical (unpaired) electrons. The molecule has 2 saturated heterocycles. The zero-order chi connectivity index (χ0) is 37.8. The monoisotopic (exact) mass is 740 g/mol. The fraction of sp³-hybridized carbons (Fsp3) is 0.789. The molecular formula is C38H65N11O4. The molecule has 2 aromatic heterocycles. The average molecular weight is 740 g/mol. The van der Waals surface area contributed by atoms with E-state index in [1.807, 2.05) is 63.4 Å². The summed E-state index contributed by atoms with van der Waals surface area (Å²) in [5, 5.41) is 19.2. The molecule has 3 aliphatic rings. The maximum atomic E-state index is 13.1. The first-order chi connectivity index (χ1) is 25.3. The fourth-order valence-electron chi connectivity index (χ4n) is 7.17. The quantitative estimate of drug-likeness (QED) is 0.212. The highest BCUT2D eigenvalue weighted by atomic mass is 16.6. The third-order valence-electron chi connectivity index (χ3n) is 9.90. The van der Waals surface area contributed by atoms with E-state index in [1.165, 1.54) is 38.5 Å². The molecule has 15 nitrogen and oxygen atoms in total. The van der Waals surface area contributed by atoms with Crippen LogP contribution in [0.25, 0.3) is 0 Å². The number of hydrogen-bond acceptors (Lipinski definition) is 12. The number of aromatic nitrogens is 5. The molecule has 15 heteroatoms. The smallest absolute Gasteiger partial charge is 0.410 e. The molecule has 0 bridgehead atoms. The lowest BCUT2D eigenvalue weighted by Crippen LogP contribution is -2.45. The Morgan fingerprint density at radius 1 is 0.906 bits per heavy atom. The second kappa shape index (κ2) is 18.9. The molecule has 2 aromatic rings. The minimum atomic E-state index is -0.529. The van der Waals surface area contributed by atoms with Gasteiger partial charge in [0.05, 0.1) is 12.7 Å². The Bertz CT molecular complexity index is 1440. The average Bonchev–Trinajstić information content (AvgIpc) is 3.57. The molecule has 2 amide bonds. The molecule has 2 aliphatic heterocycles. The number of anilines is 3. The van der Waals surface area contributed by atoms with Gasteiger partial charge in [-0.2, -0.15) is 9.97 Å². The first-order valence-corrected chi connectivity index (χ1v) is 20.0. The Labute approximate surface area is 316 Å². The van der Waals surface area contributed by atoms with Gasteiger partial charge in [0.25, 0.3) is 0 Å². The Morgan fingerprint density at radius 3 is 2.30 bits per heavy atom. The minimum absolute atomic E-state index is 0.176. The molecule has 0 spiro atoms. The summed E-state index contributed by atoms with van der Waals surface area (Å²) < 4.78 is 13.2. The Hall–Kier alpha value is -3.88. The van der Waals surface area contributed by atoms with Crippen molar-refractivity contribution in [3.05, 3.63) is 18.0 Å². The SMILES string of the molecule is CC(C)(C)OC(=O)N(CCCC1CCCCC1)CCCn1cc(CNc2nc(NC3CCN(C(=O)OC(C)(C)C)CC3)cc(N3CCNCC3)n2)nn1. The topological polar surface area (TPSA) is 155 Å². The number of piperidine rings is 1. The van der Waals surface area contributed by atoms with Gasteiger partial charge in [0.1, 0.15) is 28.5 Å². The maximum absolute atomic E-state index is 13.1. The van der Waals surface area contributed by atoms with Crippen molar-refractivity contribution in [2.45, 2.75) is 136 Å². The van der Waals surface area contributed by atoms with Gasteiger partial charge < -0.3 is 40.1 Å². The van der Waals surface area contributed by atoms with Crippen LogP contribution in [-0.2, 0) is 22.6 Å². The van der Waals surface area contributed by atoms with Gasteiger partial charge >= 0.3 is 12.2 Å². The summed E-state index contributed by atoms with van der Waals surface area (Å²) in [4.78, 5) is 41.3. The largest absolute Gasteiger partial charge is 0.444 e. The van der Waals surface area contributed by atoms with E-state index < -0.39 is 11.2 Å². The van der Waals surface area contributed by atoms with E-state index in [9.17, 15) is 9.59 Å². The highest BCUT2D eigenvalue weighted by molar-refractivity contribution is 5.68. The van der Waals surface area contributed by atoms with Crippen molar-refractivity contribution in [1.82, 2.24) is 40.1 Å². The molecule has 0 aromatic carbocycles. The van der Waals surface area contributed by atoms with Crippen LogP contribution >= 0.6 is 0 Å². The zero-order valence-corrected chi connectivity index (χ0v) is 33.2. The summed E-state index contributed by atoms with van der Waals surface area (Å²) in [7, 11) is 0. The molecule has 1 saturated carbocycles. The van der Waals surface area contributed by atoms with Crippen molar-refractivity contribution in [2.75, 3.05) is 67.9 Å². The highest BCUT2D eigenvalue weighted by Gasteiger charge is 2.28. The first-order valence-electron chi connectivity index (χ1n) is 20.0. The van der Waals surface area contributed by atoms with Crippen LogP contribution in [0.15, 0.2) is 12.3 Å². The van der Waals surface area contributed by atoms with Crippen LogP contribution in [0.2, 0.25) is 0 Å². The van der Waals surface area contributed by atoms with Crippen LogP contribution < -0.4 is 20.9 Å². The lowest BCUT2D eigenvalue weighted by atomic mass is 9.86. The molecule has 0 atom stereocenters. The Balaban J connectivity index is 1.14. The summed E-state index contributed by atoms with van der Waals surface area (Å²) in [5.41, 5.74) is -0.260. The Morgan fingerprint density at radius 2 is 1.60 bits per heavy atom. The van der Waals surface area contributed by atoms with E-state index in [1.54, 1.807) is 4.90 Å². The summed E-state index contributed by atoms with van der Waals surface area (Å²) >= 11 is 0. The number of ether oxygens (including phenoxy) is 2. The number of carbonyl (C=O) groups excluding carboxylic acids is 2. The number of likely N-dealkylation sites (tertiary alicyclic amines) is 1. The van der Waals surface area contributed by atoms with Gasteiger partial charge in [-0.15, -0.1) is 5.10 Å². The Kier molecular flexibility index (Phi) is 14.4. The van der Waals surface area contributed by atoms with Gasteiger partial charge in [0, 0.05) is 71.0 Å². The molecule has 0 unspecified atom stereocenters. The van der Waals surface area contributed by atoms with Crippen LogP contribution in [0.3, 0.4) is 0 Å². The summed E-state index contributed by atoms with van der Waals surface area (Å²) in [6, 6.07) is 2.19. The third kappa shape index (κ3) is 13.8. The van der Waals surface area contributed by atoms with E-state index in [0.29, 0.717) is 45.2 Å². The summed E-state index contributed by atoms with van der Waals surface area (Å²) in [6.45, 7) is 18.6. The minimum Gasteiger partial charge on any atom is -0.444 e. The van der Waals surface area contributed by atoms with Crippen LogP contribution in [0, 0.1) is 5.92 Å². The van der Waals surface area contributed by atoms with Crippen molar-refractivity contribution in [3.8, 4) is 0 Å². The first kappa shape index (κ1) is 40.3. The molecule has 4 heterocycles. The molecular weight excluding hydrogens is 674 g/mol. The van der Waals surface area contributed by atoms with Crippen LogP contribution in [0.4, 0.5) is 27.2 Å². The molecule has 5 rings (SSSR count). The van der Waals surface area contributed by atoms with Gasteiger partial charge in [0.2, 0.25) is 5.95 Å². The van der Waals surface area contributed by atoms with E-state index in [-0.39, 0.29) is 18.2 Å². The normalized spacial score (nSPS) is 17.8. The predicted octanol–water partition coefficient (Wildman–Crippen LogP) is 5.89. The van der Waals surface area contributed by atoms with Crippen molar-refractivity contribution in [1.29, 1.82) is 0 Å². The second-order valence-corrected chi connectivity index (χ2v) is 16.9. The number of rotatable bonds is 14. The van der Waals surface area contributed by atoms with Crippen molar-refractivity contribution < 1.29 is 19.1 Å². The zero-order valence-electron chi connectivity index (χ0n) is 33.2. The lowest BCUT2D eigenvalue weighted by Gasteiger charge is -2.34. The number of amides is 2. The number of aryl methyl sites for hydroxylation is 1. The van der Waals surface area contributed by atoms with Crippen LogP contribution in [-0.4, -0.2) is 117 Å². The summed E-state index contributed by atoms with van der Waals surface area (Å²) in [5.74, 6) is 2.93. The van der Waals surface area contributed by atoms with Gasteiger partial charge in [-0.05, 0) is 79.6 Å².